The first-order valence-electron chi connectivity index (χ1n) is 8.60. The van der Waals surface area contributed by atoms with E-state index >= 15 is 0 Å². The van der Waals surface area contributed by atoms with Crippen LogP contribution >= 0.6 is 0 Å². The van der Waals surface area contributed by atoms with Crippen LogP contribution in [-0.4, -0.2) is 73.8 Å². The van der Waals surface area contributed by atoms with E-state index in [1.165, 1.54) is 7.11 Å². The Morgan fingerprint density at radius 2 is 1.50 bits per heavy atom. The molecule has 8 heteroatoms. The van der Waals surface area contributed by atoms with E-state index in [9.17, 15) is 14.4 Å². The van der Waals surface area contributed by atoms with E-state index in [1.54, 1.807) is 16.7 Å². The van der Waals surface area contributed by atoms with Gasteiger partial charge in [-0.15, -0.1) is 0 Å². The SMILES string of the molecule is CCOC(=O)N1CCC(NC(=O)C2CCN(C(=O)OC)CC2)CC1. The molecule has 0 atom stereocenters. The highest BCUT2D eigenvalue weighted by molar-refractivity contribution is 5.79. The molecule has 8 nitrogen and oxygen atoms in total. The molecule has 2 rings (SSSR count). The highest BCUT2D eigenvalue weighted by Crippen LogP contribution is 2.19. The molecule has 2 aliphatic heterocycles. The summed E-state index contributed by atoms with van der Waals surface area (Å²) in [6, 6.07) is 0.0989. The fourth-order valence-corrected chi connectivity index (χ4v) is 3.19. The van der Waals surface area contributed by atoms with Gasteiger partial charge < -0.3 is 24.6 Å². The van der Waals surface area contributed by atoms with Crippen molar-refractivity contribution < 1.29 is 23.9 Å². The van der Waals surface area contributed by atoms with Crippen LogP contribution in [0.5, 0.6) is 0 Å². The third-order valence-electron chi connectivity index (χ3n) is 4.67. The molecule has 136 valence electrons. The molecule has 0 aliphatic carbocycles. The lowest BCUT2D eigenvalue weighted by Crippen LogP contribution is -2.49. The number of methoxy groups -OCH3 is 1. The van der Waals surface area contributed by atoms with E-state index in [2.05, 4.69) is 5.32 Å². The third kappa shape index (κ3) is 4.75. The Morgan fingerprint density at radius 1 is 0.958 bits per heavy atom. The minimum Gasteiger partial charge on any atom is -0.453 e. The second-order valence-electron chi connectivity index (χ2n) is 6.20. The second kappa shape index (κ2) is 8.75. The zero-order chi connectivity index (χ0) is 17.5. The number of carbonyl (C=O) groups is 3. The first-order chi connectivity index (χ1) is 11.5. The molecular weight excluding hydrogens is 314 g/mol. The summed E-state index contributed by atoms with van der Waals surface area (Å²) in [4.78, 5) is 38.8. The molecule has 0 saturated carbocycles. The zero-order valence-corrected chi connectivity index (χ0v) is 14.5. The van der Waals surface area contributed by atoms with Gasteiger partial charge in [-0.3, -0.25) is 4.79 Å². The largest absolute Gasteiger partial charge is 0.453 e. The number of likely N-dealkylation sites (tertiary alicyclic amines) is 2. The fourth-order valence-electron chi connectivity index (χ4n) is 3.19. The molecule has 24 heavy (non-hydrogen) atoms. The predicted molar refractivity (Wildman–Crippen MR) is 86.5 cm³/mol. The van der Waals surface area contributed by atoms with Crippen molar-refractivity contribution in [3.63, 3.8) is 0 Å². The topological polar surface area (TPSA) is 88.2 Å². The van der Waals surface area contributed by atoms with Gasteiger partial charge in [0, 0.05) is 38.1 Å². The minimum absolute atomic E-state index is 0.0501. The van der Waals surface area contributed by atoms with Crippen LogP contribution < -0.4 is 5.32 Å². The molecule has 0 aromatic heterocycles. The molecule has 1 N–H and O–H groups in total. The summed E-state index contributed by atoms with van der Waals surface area (Å²) >= 11 is 0. The van der Waals surface area contributed by atoms with Crippen LogP contribution in [0.4, 0.5) is 9.59 Å². The molecule has 0 spiro atoms. The molecule has 2 fully saturated rings. The highest BCUT2D eigenvalue weighted by Gasteiger charge is 2.30. The Balaban J connectivity index is 1.71. The van der Waals surface area contributed by atoms with Crippen molar-refractivity contribution in [2.24, 2.45) is 5.92 Å². The van der Waals surface area contributed by atoms with Gasteiger partial charge in [-0.25, -0.2) is 9.59 Å². The number of hydrogen-bond donors (Lipinski definition) is 1. The summed E-state index contributed by atoms with van der Waals surface area (Å²) in [5.74, 6) is -0.0110. The van der Waals surface area contributed by atoms with Gasteiger partial charge in [0.05, 0.1) is 13.7 Å². The third-order valence-corrected chi connectivity index (χ3v) is 4.67. The minimum atomic E-state index is -0.333. The number of nitrogens with zero attached hydrogens (tertiary/aromatic N) is 2. The Kier molecular flexibility index (Phi) is 6.69. The van der Waals surface area contributed by atoms with Crippen LogP contribution in [0.1, 0.15) is 32.6 Å². The maximum absolute atomic E-state index is 12.4. The highest BCUT2D eigenvalue weighted by atomic mass is 16.6. The van der Waals surface area contributed by atoms with Gasteiger partial charge in [0.2, 0.25) is 5.91 Å². The average molecular weight is 341 g/mol. The van der Waals surface area contributed by atoms with Crippen LogP contribution in [0, 0.1) is 5.92 Å². The van der Waals surface area contributed by atoms with Crippen molar-refractivity contribution >= 4 is 18.1 Å². The van der Waals surface area contributed by atoms with Crippen molar-refractivity contribution in [1.29, 1.82) is 0 Å². The quantitative estimate of drug-likeness (QED) is 0.833. The number of rotatable bonds is 3. The van der Waals surface area contributed by atoms with Gasteiger partial charge in [0.15, 0.2) is 0 Å². The summed E-state index contributed by atoms with van der Waals surface area (Å²) in [5.41, 5.74) is 0. The van der Waals surface area contributed by atoms with E-state index < -0.39 is 0 Å². The predicted octanol–water partition coefficient (Wildman–Crippen LogP) is 1.20. The number of piperidine rings is 2. The normalized spacial score (nSPS) is 19.8. The first-order valence-corrected chi connectivity index (χ1v) is 8.60. The zero-order valence-electron chi connectivity index (χ0n) is 14.5. The molecular formula is C16H27N3O5. The van der Waals surface area contributed by atoms with Crippen LogP contribution in [-0.2, 0) is 14.3 Å². The maximum Gasteiger partial charge on any atom is 0.409 e. The van der Waals surface area contributed by atoms with Gasteiger partial charge in [-0.1, -0.05) is 0 Å². The average Bonchev–Trinajstić information content (AvgIpc) is 2.62. The Hall–Kier alpha value is -1.99. The summed E-state index contributed by atoms with van der Waals surface area (Å²) < 4.78 is 9.69. The maximum atomic E-state index is 12.4. The van der Waals surface area contributed by atoms with Crippen LogP contribution in [0.25, 0.3) is 0 Å². The lowest BCUT2D eigenvalue weighted by atomic mass is 9.95. The van der Waals surface area contributed by atoms with Crippen molar-refractivity contribution in [1.82, 2.24) is 15.1 Å². The Bertz CT molecular complexity index is 455. The van der Waals surface area contributed by atoms with E-state index in [-0.39, 0.29) is 30.1 Å². The van der Waals surface area contributed by atoms with E-state index in [4.69, 9.17) is 9.47 Å². The van der Waals surface area contributed by atoms with Crippen molar-refractivity contribution in [2.45, 2.75) is 38.6 Å². The summed E-state index contributed by atoms with van der Waals surface area (Å²) in [7, 11) is 1.36. The lowest BCUT2D eigenvalue weighted by molar-refractivity contribution is -0.127. The lowest BCUT2D eigenvalue weighted by Gasteiger charge is -2.34. The van der Waals surface area contributed by atoms with Gasteiger partial charge in [0.25, 0.3) is 0 Å². The van der Waals surface area contributed by atoms with Gasteiger partial charge >= 0.3 is 12.2 Å². The summed E-state index contributed by atoms with van der Waals surface area (Å²) in [6.45, 7) is 4.46. The monoisotopic (exact) mass is 341 g/mol. The van der Waals surface area contributed by atoms with E-state index in [0.717, 1.165) is 12.8 Å². The number of nitrogens with one attached hydrogen (secondary N) is 1. The fraction of sp³-hybridized carbons (Fsp3) is 0.812. The molecule has 0 aromatic carbocycles. The Morgan fingerprint density at radius 3 is 2.04 bits per heavy atom. The Labute approximate surface area is 142 Å². The van der Waals surface area contributed by atoms with E-state index in [0.29, 0.717) is 45.6 Å². The second-order valence-corrected chi connectivity index (χ2v) is 6.20. The van der Waals surface area contributed by atoms with Gasteiger partial charge in [0.1, 0.15) is 0 Å². The number of carbonyl (C=O) groups excluding carboxylic acids is 3. The van der Waals surface area contributed by atoms with Crippen LogP contribution in [0.15, 0.2) is 0 Å². The molecule has 0 unspecified atom stereocenters. The summed E-state index contributed by atoms with van der Waals surface area (Å²) in [5, 5.41) is 3.09. The molecule has 2 aliphatic rings. The molecule has 2 saturated heterocycles. The van der Waals surface area contributed by atoms with Crippen molar-refractivity contribution in [3.8, 4) is 0 Å². The smallest absolute Gasteiger partial charge is 0.409 e. The van der Waals surface area contributed by atoms with Gasteiger partial charge in [-0.05, 0) is 32.6 Å². The van der Waals surface area contributed by atoms with Crippen LogP contribution in [0.3, 0.4) is 0 Å². The van der Waals surface area contributed by atoms with E-state index in [1.807, 2.05) is 0 Å². The molecule has 0 bridgehead atoms. The molecule has 2 heterocycles. The molecule has 3 amide bonds. The molecule has 0 aromatic rings. The number of ether oxygens (including phenoxy) is 2. The van der Waals surface area contributed by atoms with Crippen molar-refractivity contribution in [2.75, 3.05) is 39.9 Å². The van der Waals surface area contributed by atoms with Gasteiger partial charge in [-0.2, -0.15) is 0 Å². The van der Waals surface area contributed by atoms with Crippen molar-refractivity contribution in [3.05, 3.63) is 0 Å². The number of amides is 3. The first kappa shape index (κ1) is 18.4. The standard InChI is InChI=1S/C16H27N3O5/c1-3-24-16(22)19-10-6-13(7-11-19)17-14(20)12-4-8-18(9-5-12)15(21)23-2/h12-13H,3-11H2,1-2H3,(H,17,20). The van der Waals surface area contributed by atoms with Crippen LogP contribution in [0.2, 0.25) is 0 Å². The molecule has 0 radical (unpaired) electrons. The summed E-state index contributed by atoms with van der Waals surface area (Å²) in [6.07, 6.45) is 2.18. The number of hydrogen-bond acceptors (Lipinski definition) is 5.